The lowest BCUT2D eigenvalue weighted by molar-refractivity contribution is 0.122. The highest BCUT2D eigenvalue weighted by molar-refractivity contribution is 5.94. The number of rotatable bonds is 1. The second-order valence-corrected chi connectivity index (χ2v) is 7.91. The molecule has 0 amide bonds. The molecule has 4 bridgehead atoms. The van der Waals surface area contributed by atoms with Crippen LogP contribution in [0.5, 0.6) is 11.5 Å². The molecule has 2 aromatic carbocycles. The van der Waals surface area contributed by atoms with E-state index in [0.29, 0.717) is 6.61 Å². The van der Waals surface area contributed by atoms with Crippen molar-refractivity contribution >= 4 is 16.6 Å². The van der Waals surface area contributed by atoms with E-state index >= 15 is 0 Å². The van der Waals surface area contributed by atoms with Crippen LogP contribution in [0.2, 0.25) is 0 Å². The number of nitrogens with one attached hydrogen (secondary N) is 2. The van der Waals surface area contributed by atoms with Gasteiger partial charge in [-0.3, -0.25) is 5.10 Å². The summed E-state index contributed by atoms with van der Waals surface area (Å²) in [6.45, 7) is 7.65. The largest absolute Gasteiger partial charge is 0.492 e. The van der Waals surface area contributed by atoms with Crippen molar-refractivity contribution in [3.63, 3.8) is 0 Å². The number of H-pyrrole nitrogens is 1. The second kappa shape index (κ2) is 8.53. The molecule has 3 heterocycles. The molecule has 1 fully saturated rings. The predicted molar refractivity (Wildman–Crippen MR) is 118 cm³/mol. The molecule has 0 saturated carbocycles. The van der Waals surface area contributed by atoms with Crippen molar-refractivity contribution in [2.75, 3.05) is 50.9 Å². The Bertz CT molecular complexity index is 1010. The Hall–Kier alpha value is -2.77. The third-order valence-electron chi connectivity index (χ3n) is 5.69. The molecule has 3 aromatic rings. The molecule has 1 saturated heterocycles. The fourth-order valence-electron chi connectivity index (χ4n) is 4.06. The molecule has 2 aliphatic heterocycles. The van der Waals surface area contributed by atoms with E-state index in [-0.39, 0.29) is 6.10 Å². The Morgan fingerprint density at radius 1 is 1.00 bits per heavy atom. The van der Waals surface area contributed by atoms with Gasteiger partial charge in [0.2, 0.25) is 0 Å². The summed E-state index contributed by atoms with van der Waals surface area (Å²) in [6, 6.07) is 12.5. The molecule has 0 aliphatic carbocycles. The van der Waals surface area contributed by atoms with Crippen LogP contribution in [0.4, 0.5) is 5.69 Å². The third kappa shape index (κ3) is 4.08. The zero-order valence-electron chi connectivity index (χ0n) is 17.3. The summed E-state index contributed by atoms with van der Waals surface area (Å²) in [5.41, 5.74) is 4.08. The fraction of sp³-hybridized carbons (Fsp3) is 0.435. The van der Waals surface area contributed by atoms with Crippen molar-refractivity contribution in [2.24, 2.45) is 0 Å². The molecule has 1 aromatic heterocycles. The summed E-state index contributed by atoms with van der Waals surface area (Å²) in [5, 5.41) is 12.3. The molecule has 0 unspecified atom stereocenters. The maximum Gasteiger partial charge on any atom is 0.122 e. The maximum atomic E-state index is 6.16. The molecule has 0 spiro atoms. The lowest BCUT2D eigenvalue weighted by Crippen LogP contribution is -2.36. The summed E-state index contributed by atoms with van der Waals surface area (Å²) in [6.07, 6.45) is 1.07. The number of hydrogen-bond acceptors (Lipinski definition) is 6. The van der Waals surface area contributed by atoms with Gasteiger partial charge < -0.3 is 24.4 Å². The molecule has 7 heteroatoms. The van der Waals surface area contributed by atoms with Gasteiger partial charge in [-0.25, -0.2) is 0 Å². The maximum absolute atomic E-state index is 6.16. The zero-order valence-corrected chi connectivity index (χ0v) is 17.3. The molecule has 7 nitrogen and oxygen atoms in total. The SMILES string of the molecule is C[C@H]1CCNCCOc2cc(cc(N3CCOCC3)c2)-c2n[nH]c3ccc(cc23)O1. The highest BCUT2D eigenvalue weighted by atomic mass is 16.5. The molecular weight excluding hydrogens is 380 g/mol. The first-order valence-corrected chi connectivity index (χ1v) is 10.7. The fourth-order valence-corrected chi connectivity index (χ4v) is 4.06. The van der Waals surface area contributed by atoms with Crippen LogP contribution in [-0.2, 0) is 4.74 Å². The van der Waals surface area contributed by atoms with Crippen LogP contribution < -0.4 is 19.7 Å². The summed E-state index contributed by atoms with van der Waals surface area (Å²) < 4.78 is 17.8. The first kappa shape index (κ1) is 19.2. The van der Waals surface area contributed by atoms with Crippen LogP contribution in [0.3, 0.4) is 0 Å². The quantitative estimate of drug-likeness (QED) is 0.644. The number of hydrogen-bond donors (Lipinski definition) is 2. The number of nitrogens with zero attached hydrogens (tertiary/aromatic N) is 2. The zero-order chi connectivity index (χ0) is 20.3. The Morgan fingerprint density at radius 3 is 2.80 bits per heavy atom. The van der Waals surface area contributed by atoms with Crippen LogP contribution in [-0.4, -0.2) is 62.3 Å². The van der Waals surface area contributed by atoms with Crippen LogP contribution in [0, 0.1) is 0 Å². The number of fused-ring (bicyclic) bond motifs is 4. The number of anilines is 1. The first-order chi connectivity index (χ1) is 14.8. The third-order valence-corrected chi connectivity index (χ3v) is 5.69. The molecule has 30 heavy (non-hydrogen) atoms. The minimum absolute atomic E-state index is 0.130. The smallest absolute Gasteiger partial charge is 0.122 e. The van der Waals surface area contributed by atoms with Crippen LogP contribution in [0.1, 0.15) is 13.3 Å². The van der Waals surface area contributed by atoms with E-state index in [1.807, 2.05) is 12.1 Å². The first-order valence-electron chi connectivity index (χ1n) is 10.7. The van der Waals surface area contributed by atoms with Crippen molar-refractivity contribution in [3.8, 4) is 22.8 Å². The van der Waals surface area contributed by atoms with E-state index in [0.717, 1.165) is 85.2 Å². The predicted octanol–water partition coefficient (Wildman–Crippen LogP) is 3.21. The Morgan fingerprint density at radius 2 is 1.90 bits per heavy atom. The standard InChI is InChI=1S/C23H28N4O3/c1-16-4-5-24-6-9-29-20-13-17(12-18(14-20)27-7-10-28-11-8-27)23-21-15-19(30-16)2-3-22(21)25-26-23/h2-3,12-16,24H,4-11H2,1H3,(H,25,26)/t16-/m0/s1. The second-order valence-electron chi connectivity index (χ2n) is 7.91. The minimum atomic E-state index is 0.130. The van der Waals surface area contributed by atoms with Gasteiger partial charge in [0.05, 0.1) is 24.8 Å². The number of morpholine rings is 1. The van der Waals surface area contributed by atoms with E-state index < -0.39 is 0 Å². The highest BCUT2D eigenvalue weighted by Gasteiger charge is 2.17. The Balaban J connectivity index is 1.59. The Kier molecular flexibility index (Phi) is 5.46. The topological polar surface area (TPSA) is 71.6 Å². The van der Waals surface area contributed by atoms with Gasteiger partial charge in [-0.05, 0) is 50.2 Å². The molecule has 1 atom stereocenters. The van der Waals surface area contributed by atoms with Crippen molar-refractivity contribution in [3.05, 3.63) is 36.4 Å². The molecule has 158 valence electrons. The number of benzene rings is 2. The summed E-state index contributed by atoms with van der Waals surface area (Å²) in [7, 11) is 0. The number of ether oxygens (including phenoxy) is 3. The lowest BCUT2D eigenvalue weighted by Gasteiger charge is -2.29. The van der Waals surface area contributed by atoms with Crippen molar-refractivity contribution in [1.82, 2.24) is 15.5 Å². The Labute approximate surface area is 176 Å². The van der Waals surface area contributed by atoms with Gasteiger partial charge in [0.25, 0.3) is 0 Å². The summed E-state index contributed by atoms with van der Waals surface area (Å²) in [4.78, 5) is 2.34. The normalized spacial score (nSPS) is 20.3. The van der Waals surface area contributed by atoms with E-state index in [2.05, 4.69) is 51.6 Å². The van der Waals surface area contributed by atoms with Gasteiger partial charge in [-0.15, -0.1) is 0 Å². The average Bonchev–Trinajstić information content (AvgIpc) is 3.19. The monoisotopic (exact) mass is 408 g/mol. The van der Waals surface area contributed by atoms with Crippen molar-refractivity contribution in [2.45, 2.75) is 19.4 Å². The van der Waals surface area contributed by atoms with Gasteiger partial charge in [-0.2, -0.15) is 5.10 Å². The van der Waals surface area contributed by atoms with Gasteiger partial charge in [0.15, 0.2) is 0 Å². The number of aromatic amines is 1. The van der Waals surface area contributed by atoms with E-state index in [9.17, 15) is 0 Å². The average molecular weight is 409 g/mol. The highest BCUT2D eigenvalue weighted by Crippen LogP contribution is 2.35. The van der Waals surface area contributed by atoms with Crippen molar-refractivity contribution in [1.29, 1.82) is 0 Å². The molecular formula is C23H28N4O3. The van der Waals surface area contributed by atoms with Gasteiger partial charge in [-0.1, -0.05) is 0 Å². The summed E-state index contributed by atoms with van der Waals surface area (Å²) in [5.74, 6) is 1.73. The van der Waals surface area contributed by atoms with Gasteiger partial charge in [0.1, 0.15) is 23.8 Å². The molecule has 0 radical (unpaired) electrons. The van der Waals surface area contributed by atoms with Crippen LogP contribution >= 0.6 is 0 Å². The molecule has 5 rings (SSSR count). The molecule has 2 aliphatic rings. The molecule has 2 N–H and O–H groups in total. The summed E-state index contributed by atoms with van der Waals surface area (Å²) >= 11 is 0. The van der Waals surface area contributed by atoms with E-state index in [4.69, 9.17) is 14.2 Å². The van der Waals surface area contributed by atoms with Crippen LogP contribution in [0.25, 0.3) is 22.2 Å². The minimum Gasteiger partial charge on any atom is -0.492 e. The van der Waals surface area contributed by atoms with Crippen molar-refractivity contribution < 1.29 is 14.2 Å². The van der Waals surface area contributed by atoms with E-state index in [1.165, 1.54) is 0 Å². The number of aromatic nitrogens is 2. The lowest BCUT2D eigenvalue weighted by atomic mass is 10.1. The van der Waals surface area contributed by atoms with Gasteiger partial charge in [0, 0.05) is 42.3 Å². The van der Waals surface area contributed by atoms with Gasteiger partial charge >= 0.3 is 0 Å². The van der Waals surface area contributed by atoms with E-state index in [1.54, 1.807) is 0 Å². The van der Waals surface area contributed by atoms with Crippen LogP contribution in [0.15, 0.2) is 36.4 Å².